The summed E-state index contributed by atoms with van der Waals surface area (Å²) in [6.45, 7) is 1.38. The van der Waals surface area contributed by atoms with Gasteiger partial charge in [0.2, 0.25) is 0 Å². The third-order valence-electron chi connectivity index (χ3n) is 2.30. The zero-order valence-electron chi connectivity index (χ0n) is 8.03. The van der Waals surface area contributed by atoms with E-state index in [-0.39, 0.29) is 0 Å². The van der Waals surface area contributed by atoms with Crippen LogP contribution in [0.4, 0.5) is 5.69 Å². The number of aromatic nitrogens is 2. The van der Waals surface area contributed by atoms with E-state index in [0.29, 0.717) is 12.6 Å². The Morgan fingerprint density at radius 2 is 2.40 bits per heavy atom. The maximum absolute atomic E-state index is 5.29. The van der Waals surface area contributed by atoms with Crippen LogP contribution in [0, 0.1) is 0 Å². The lowest BCUT2D eigenvalue weighted by atomic mass is 10.2. The summed E-state index contributed by atoms with van der Waals surface area (Å²) in [6, 6.07) is 6.51. The number of H-pyrrole nitrogens is 1. The molecule has 0 saturated heterocycles. The van der Waals surface area contributed by atoms with Gasteiger partial charge in [-0.2, -0.15) is 5.10 Å². The van der Waals surface area contributed by atoms with Crippen molar-refractivity contribution in [3.8, 4) is 0 Å². The van der Waals surface area contributed by atoms with E-state index >= 15 is 0 Å². The van der Waals surface area contributed by atoms with Crippen LogP contribution in [0.5, 0.6) is 0 Å². The number of aromatic amines is 1. The van der Waals surface area contributed by atoms with Gasteiger partial charge >= 0.3 is 0 Å². The van der Waals surface area contributed by atoms with Gasteiger partial charge in [-0.15, -0.1) is 0 Å². The molecule has 2 aromatic rings. The molecule has 5 nitrogen and oxygen atoms in total. The minimum absolute atomic E-state index is 0.581. The van der Waals surface area contributed by atoms with E-state index in [1.807, 2.05) is 18.2 Å². The number of nitrogens with zero attached hydrogens (tertiary/aromatic N) is 2. The van der Waals surface area contributed by atoms with Crippen LogP contribution in [0.3, 0.4) is 0 Å². The summed E-state index contributed by atoms with van der Waals surface area (Å²) in [7, 11) is 0. The fourth-order valence-corrected chi connectivity index (χ4v) is 1.60. The SMILES string of the molecule is c1cc(NC2=NCCO2)c2[nH]ncc2c1. The normalized spacial score (nSPS) is 15.1. The van der Waals surface area contributed by atoms with Gasteiger partial charge in [0.1, 0.15) is 6.61 Å². The summed E-state index contributed by atoms with van der Waals surface area (Å²) in [6.07, 6.45) is 1.79. The van der Waals surface area contributed by atoms with Crippen molar-refractivity contribution >= 4 is 22.6 Å². The van der Waals surface area contributed by atoms with Gasteiger partial charge in [-0.25, -0.2) is 4.99 Å². The summed E-state index contributed by atoms with van der Waals surface area (Å²) in [5, 5.41) is 11.1. The molecule has 76 valence electrons. The first kappa shape index (κ1) is 8.28. The molecule has 0 aliphatic carbocycles. The second-order valence-corrected chi connectivity index (χ2v) is 3.30. The van der Waals surface area contributed by atoms with E-state index in [1.165, 1.54) is 0 Å². The van der Waals surface area contributed by atoms with E-state index < -0.39 is 0 Å². The quantitative estimate of drug-likeness (QED) is 0.734. The van der Waals surface area contributed by atoms with Crippen molar-refractivity contribution in [1.82, 2.24) is 10.2 Å². The Morgan fingerprint density at radius 1 is 1.40 bits per heavy atom. The van der Waals surface area contributed by atoms with E-state index in [0.717, 1.165) is 23.1 Å². The molecule has 0 unspecified atom stereocenters. The molecule has 0 fully saturated rings. The Balaban J connectivity index is 1.99. The molecular weight excluding hydrogens is 192 g/mol. The predicted octanol–water partition coefficient (Wildman–Crippen LogP) is 1.36. The summed E-state index contributed by atoms with van der Waals surface area (Å²) in [5.74, 6) is 0. The highest BCUT2D eigenvalue weighted by atomic mass is 16.5. The molecule has 1 aliphatic heterocycles. The third kappa shape index (κ3) is 1.41. The Bertz CT molecular complexity index is 517. The zero-order chi connectivity index (χ0) is 10.1. The molecule has 2 heterocycles. The van der Waals surface area contributed by atoms with Crippen molar-refractivity contribution in [3.63, 3.8) is 0 Å². The smallest absolute Gasteiger partial charge is 0.289 e. The fraction of sp³-hybridized carbons (Fsp3) is 0.200. The summed E-state index contributed by atoms with van der Waals surface area (Å²) in [4.78, 5) is 4.17. The molecule has 0 amide bonds. The van der Waals surface area contributed by atoms with Crippen molar-refractivity contribution < 1.29 is 4.74 Å². The van der Waals surface area contributed by atoms with E-state index in [1.54, 1.807) is 6.20 Å². The Labute approximate surface area is 86.2 Å². The second kappa shape index (κ2) is 3.27. The number of aliphatic imine (C=N–C) groups is 1. The number of anilines is 1. The van der Waals surface area contributed by atoms with Crippen LogP contribution in [-0.2, 0) is 4.74 Å². The number of rotatable bonds is 1. The predicted molar refractivity (Wildman–Crippen MR) is 58.0 cm³/mol. The van der Waals surface area contributed by atoms with Gasteiger partial charge in [-0.3, -0.25) is 5.10 Å². The maximum atomic E-state index is 5.29. The van der Waals surface area contributed by atoms with Crippen LogP contribution in [0.25, 0.3) is 10.9 Å². The van der Waals surface area contributed by atoms with E-state index in [9.17, 15) is 0 Å². The minimum Gasteiger partial charge on any atom is -0.463 e. The van der Waals surface area contributed by atoms with Crippen molar-refractivity contribution in [2.45, 2.75) is 0 Å². The van der Waals surface area contributed by atoms with Crippen LogP contribution in [0.2, 0.25) is 0 Å². The monoisotopic (exact) mass is 202 g/mol. The Hall–Kier alpha value is -2.04. The van der Waals surface area contributed by atoms with E-state index in [4.69, 9.17) is 4.74 Å². The van der Waals surface area contributed by atoms with Crippen LogP contribution in [0.1, 0.15) is 0 Å². The largest absolute Gasteiger partial charge is 0.463 e. The molecule has 0 saturated carbocycles. The number of fused-ring (bicyclic) bond motifs is 1. The van der Waals surface area contributed by atoms with Gasteiger partial charge in [0, 0.05) is 5.39 Å². The first-order chi connectivity index (χ1) is 7.43. The Morgan fingerprint density at radius 3 is 3.27 bits per heavy atom. The topological polar surface area (TPSA) is 62.3 Å². The van der Waals surface area contributed by atoms with Crippen molar-refractivity contribution in [2.75, 3.05) is 18.5 Å². The standard InChI is InChI=1S/C10H10N4O/c1-2-7-6-12-14-9(7)8(3-1)13-10-11-4-5-15-10/h1-3,6H,4-5H2,(H,11,13)(H,12,14). The average molecular weight is 202 g/mol. The highest BCUT2D eigenvalue weighted by Crippen LogP contribution is 2.20. The number of hydrogen-bond acceptors (Lipinski definition) is 4. The van der Waals surface area contributed by atoms with Crippen LogP contribution in [-0.4, -0.2) is 29.4 Å². The third-order valence-corrected chi connectivity index (χ3v) is 2.30. The maximum Gasteiger partial charge on any atom is 0.289 e. The van der Waals surface area contributed by atoms with Gasteiger partial charge < -0.3 is 10.1 Å². The minimum atomic E-state index is 0.581. The number of hydrogen-bond donors (Lipinski definition) is 2. The molecule has 0 radical (unpaired) electrons. The van der Waals surface area contributed by atoms with Gasteiger partial charge in [-0.1, -0.05) is 12.1 Å². The zero-order valence-corrected chi connectivity index (χ0v) is 8.03. The molecule has 1 aromatic carbocycles. The number of benzene rings is 1. The molecule has 0 atom stereocenters. The van der Waals surface area contributed by atoms with Crippen LogP contribution in [0.15, 0.2) is 29.4 Å². The number of para-hydroxylation sites is 1. The fourth-order valence-electron chi connectivity index (χ4n) is 1.60. The van der Waals surface area contributed by atoms with Crippen LogP contribution >= 0.6 is 0 Å². The van der Waals surface area contributed by atoms with E-state index in [2.05, 4.69) is 20.5 Å². The molecule has 3 rings (SSSR count). The molecule has 0 bridgehead atoms. The first-order valence-electron chi connectivity index (χ1n) is 4.80. The highest BCUT2D eigenvalue weighted by Gasteiger charge is 2.09. The average Bonchev–Trinajstić information content (AvgIpc) is 2.87. The lowest BCUT2D eigenvalue weighted by molar-refractivity contribution is 0.346. The molecular formula is C10H10N4O. The molecule has 1 aromatic heterocycles. The summed E-state index contributed by atoms with van der Waals surface area (Å²) >= 11 is 0. The number of amidine groups is 1. The molecule has 0 spiro atoms. The molecule has 5 heteroatoms. The van der Waals surface area contributed by atoms with Crippen molar-refractivity contribution in [3.05, 3.63) is 24.4 Å². The van der Waals surface area contributed by atoms with Crippen LogP contribution < -0.4 is 5.32 Å². The highest BCUT2D eigenvalue weighted by molar-refractivity contribution is 5.99. The lowest BCUT2D eigenvalue weighted by Gasteiger charge is -2.05. The van der Waals surface area contributed by atoms with Gasteiger partial charge in [-0.05, 0) is 6.07 Å². The molecule has 1 aliphatic rings. The number of ether oxygens (including phenoxy) is 1. The second-order valence-electron chi connectivity index (χ2n) is 3.30. The Kier molecular flexibility index (Phi) is 1.81. The molecule has 2 N–H and O–H groups in total. The summed E-state index contributed by atoms with van der Waals surface area (Å²) in [5.41, 5.74) is 1.90. The summed E-state index contributed by atoms with van der Waals surface area (Å²) < 4.78 is 5.29. The molecule has 15 heavy (non-hydrogen) atoms. The van der Waals surface area contributed by atoms with Crippen molar-refractivity contribution in [1.29, 1.82) is 0 Å². The van der Waals surface area contributed by atoms with Gasteiger partial charge in [0.25, 0.3) is 6.02 Å². The first-order valence-corrected chi connectivity index (χ1v) is 4.80. The number of nitrogens with one attached hydrogen (secondary N) is 2. The van der Waals surface area contributed by atoms with Gasteiger partial charge in [0.05, 0.1) is 23.9 Å². The van der Waals surface area contributed by atoms with Gasteiger partial charge in [0.15, 0.2) is 0 Å². The van der Waals surface area contributed by atoms with Crippen molar-refractivity contribution in [2.24, 2.45) is 4.99 Å². The lowest BCUT2D eigenvalue weighted by Crippen LogP contribution is -2.11.